The summed E-state index contributed by atoms with van der Waals surface area (Å²) < 4.78 is 1.63. The van der Waals surface area contributed by atoms with E-state index in [1.165, 1.54) is 11.1 Å². The van der Waals surface area contributed by atoms with Crippen molar-refractivity contribution in [1.29, 1.82) is 0 Å². The second kappa shape index (κ2) is 6.02. The van der Waals surface area contributed by atoms with Crippen molar-refractivity contribution in [3.8, 4) is 0 Å². The van der Waals surface area contributed by atoms with Gasteiger partial charge in [-0.3, -0.25) is 4.79 Å². The van der Waals surface area contributed by atoms with Gasteiger partial charge < -0.3 is 0 Å². The summed E-state index contributed by atoms with van der Waals surface area (Å²) in [5, 5.41) is 5.09. The molecule has 0 aliphatic heterocycles. The summed E-state index contributed by atoms with van der Waals surface area (Å²) in [6.07, 6.45) is 3.08. The molecule has 5 nitrogen and oxygen atoms in total. The topological polar surface area (TPSA) is 60.1 Å². The van der Waals surface area contributed by atoms with E-state index in [4.69, 9.17) is 0 Å². The molecule has 3 aromatic rings. The Bertz CT molecular complexity index is 934. The molecule has 0 fully saturated rings. The second-order valence-electron chi connectivity index (χ2n) is 6.12. The molecule has 122 valence electrons. The van der Waals surface area contributed by atoms with Gasteiger partial charge in [0.25, 0.3) is 5.78 Å². The highest BCUT2D eigenvalue weighted by Gasteiger charge is 2.28. The lowest BCUT2D eigenvalue weighted by Crippen LogP contribution is -2.21. The Morgan fingerprint density at radius 1 is 1.29 bits per heavy atom. The predicted octanol–water partition coefficient (Wildman–Crippen LogP) is 3.46. The summed E-state index contributed by atoms with van der Waals surface area (Å²) in [5.41, 5.74) is 3.95. The van der Waals surface area contributed by atoms with Crippen molar-refractivity contribution in [2.45, 2.75) is 37.8 Å². The van der Waals surface area contributed by atoms with Gasteiger partial charge in [-0.25, -0.2) is 9.50 Å². The number of aromatic nitrogens is 4. The van der Waals surface area contributed by atoms with Crippen LogP contribution in [0.5, 0.6) is 0 Å². The molecule has 1 aromatic carbocycles. The van der Waals surface area contributed by atoms with Gasteiger partial charge >= 0.3 is 0 Å². The van der Waals surface area contributed by atoms with Gasteiger partial charge in [0.15, 0.2) is 5.78 Å². The van der Waals surface area contributed by atoms with Crippen LogP contribution in [0, 0.1) is 6.92 Å². The highest BCUT2D eigenvalue weighted by atomic mass is 32.2. The molecule has 1 aliphatic carbocycles. The van der Waals surface area contributed by atoms with Gasteiger partial charge in [0.2, 0.25) is 5.16 Å². The number of hydrogen-bond donors (Lipinski definition) is 0. The van der Waals surface area contributed by atoms with Crippen molar-refractivity contribution in [3.63, 3.8) is 0 Å². The average molecular weight is 338 g/mol. The first-order chi connectivity index (χ1) is 11.6. The van der Waals surface area contributed by atoms with Gasteiger partial charge in [-0.2, -0.15) is 4.98 Å². The standard InChI is InChI=1S/C18H18N4OS/c1-3-24-18-20-17-19-15-8-13(12-6-4-5-11(2)7-12)9-16(23)14(15)10-22(17)21-18/h4-7,10,13H,3,8-9H2,1-2H3. The number of fused-ring (bicyclic) bond motifs is 2. The summed E-state index contributed by atoms with van der Waals surface area (Å²) in [7, 11) is 0. The molecule has 24 heavy (non-hydrogen) atoms. The number of carbonyl (C=O) groups excluding carboxylic acids is 1. The molecule has 1 atom stereocenters. The first kappa shape index (κ1) is 15.3. The maximum absolute atomic E-state index is 12.6. The molecule has 0 bridgehead atoms. The fraction of sp³-hybridized carbons (Fsp3) is 0.333. The number of rotatable bonds is 3. The minimum absolute atomic E-state index is 0.136. The van der Waals surface area contributed by atoms with E-state index in [0.29, 0.717) is 22.9 Å². The maximum atomic E-state index is 12.6. The average Bonchev–Trinajstić information content (AvgIpc) is 2.94. The predicted molar refractivity (Wildman–Crippen MR) is 93.8 cm³/mol. The number of benzene rings is 1. The lowest BCUT2D eigenvalue weighted by molar-refractivity contribution is 0.0962. The molecule has 2 heterocycles. The Kier molecular flexibility index (Phi) is 3.84. The lowest BCUT2D eigenvalue weighted by atomic mass is 9.82. The Balaban J connectivity index is 1.73. The molecule has 0 N–H and O–H groups in total. The largest absolute Gasteiger partial charge is 0.294 e. The summed E-state index contributed by atoms with van der Waals surface area (Å²) in [4.78, 5) is 21.7. The summed E-state index contributed by atoms with van der Waals surface area (Å²) in [6.45, 7) is 4.14. The molecule has 2 aromatic heterocycles. The Hall–Kier alpha value is -2.21. The van der Waals surface area contributed by atoms with Crippen LogP contribution in [0.3, 0.4) is 0 Å². The third-order valence-electron chi connectivity index (χ3n) is 4.35. The van der Waals surface area contributed by atoms with Crippen LogP contribution < -0.4 is 0 Å². The smallest absolute Gasteiger partial charge is 0.253 e. The molecule has 0 saturated heterocycles. The van der Waals surface area contributed by atoms with Gasteiger partial charge in [0.1, 0.15) is 0 Å². The van der Waals surface area contributed by atoms with E-state index in [-0.39, 0.29) is 11.7 Å². The molecule has 1 aliphatic rings. The van der Waals surface area contributed by atoms with Crippen LogP contribution in [0.4, 0.5) is 0 Å². The van der Waals surface area contributed by atoms with E-state index in [2.05, 4.69) is 47.1 Å². The number of thioether (sulfide) groups is 1. The van der Waals surface area contributed by atoms with Crippen LogP contribution in [0.25, 0.3) is 5.78 Å². The molecule has 0 amide bonds. The van der Waals surface area contributed by atoms with Crippen molar-refractivity contribution in [3.05, 3.63) is 52.8 Å². The van der Waals surface area contributed by atoms with Gasteiger partial charge in [-0.05, 0) is 30.6 Å². The molecule has 0 radical (unpaired) electrons. The minimum atomic E-state index is 0.136. The van der Waals surface area contributed by atoms with Crippen molar-refractivity contribution >= 4 is 23.3 Å². The number of hydrogen-bond acceptors (Lipinski definition) is 5. The fourth-order valence-electron chi connectivity index (χ4n) is 3.21. The van der Waals surface area contributed by atoms with E-state index >= 15 is 0 Å². The quantitative estimate of drug-likeness (QED) is 0.685. The van der Waals surface area contributed by atoms with Gasteiger partial charge in [0.05, 0.1) is 11.3 Å². The van der Waals surface area contributed by atoms with Gasteiger partial charge in [0, 0.05) is 12.6 Å². The van der Waals surface area contributed by atoms with Crippen LogP contribution >= 0.6 is 11.8 Å². The Morgan fingerprint density at radius 2 is 2.17 bits per heavy atom. The molecule has 4 rings (SSSR count). The zero-order valence-corrected chi connectivity index (χ0v) is 14.5. The fourth-order valence-corrected chi connectivity index (χ4v) is 3.76. The first-order valence-electron chi connectivity index (χ1n) is 8.13. The van der Waals surface area contributed by atoms with Crippen LogP contribution in [-0.2, 0) is 6.42 Å². The van der Waals surface area contributed by atoms with Crippen LogP contribution in [0.1, 0.15) is 46.4 Å². The molecule has 6 heteroatoms. The van der Waals surface area contributed by atoms with Gasteiger partial charge in [-0.15, -0.1) is 5.10 Å². The van der Waals surface area contributed by atoms with E-state index in [1.807, 2.05) is 6.07 Å². The van der Waals surface area contributed by atoms with Crippen LogP contribution in [0.15, 0.2) is 35.6 Å². The summed E-state index contributed by atoms with van der Waals surface area (Å²) in [6, 6.07) is 8.39. The van der Waals surface area contributed by atoms with Crippen molar-refractivity contribution < 1.29 is 4.79 Å². The summed E-state index contributed by atoms with van der Waals surface area (Å²) >= 11 is 1.58. The third-order valence-corrected chi connectivity index (χ3v) is 5.07. The van der Waals surface area contributed by atoms with Gasteiger partial charge in [-0.1, -0.05) is 48.5 Å². The SMILES string of the molecule is CCSc1nc2nc3c(cn2n1)C(=O)CC(c1cccc(C)c1)C3. The molecular formula is C18H18N4OS. The number of aryl methyl sites for hydroxylation is 1. The Morgan fingerprint density at radius 3 is 2.96 bits per heavy atom. The van der Waals surface area contributed by atoms with Crippen LogP contribution in [-0.4, -0.2) is 31.1 Å². The minimum Gasteiger partial charge on any atom is -0.294 e. The number of ketones is 1. The van der Waals surface area contributed by atoms with Crippen molar-refractivity contribution in [1.82, 2.24) is 19.6 Å². The van der Waals surface area contributed by atoms with Crippen LogP contribution in [0.2, 0.25) is 0 Å². The maximum Gasteiger partial charge on any atom is 0.253 e. The highest BCUT2D eigenvalue weighted by molar-refractivity contribution is 7.99. The highest BCUT2D eigenvalue weighted by Crippen LogP contribution is 2.32. The van der Waals surface area contributed by atoms with E-state index in [9.17, 15) is 4.79 Å². The Labute approximate surface area is 144 Å². The van der Waals surface area contributed by atoms with E-state index in [0.717, 1.165) is 17.9 Å². The van der Waals surface area contributed by atoms with Crippen molar-refractivity contribution in [2.24, 2.45) is 0 Å². The third kappa shape index (κ3) is 2.71. The number of carbonyl (C=O) groups is 1. The monoisotopic (exact) mass is 338 g/mol. The first-order valence-corrected chi connectivity index (χ1v) is 9.11. The molecule has 0 saturated carbocycles. The number of Topliss-reactive ketones (excluding diaryl/α,β-unsaturated/α-hetero) is 1. The van der Waals surface area contributed by atoms with Crippen molar-refractivity contribution in [2.75, 3.05) is 5.75 Å². The zero-order valence-electron chi connectivity index (χ0n) is 13.7. The number of nitrogens with zero attached hydrogens (tertiary/aromatic N) is 4. The second-order valence-corrected chi connectivity index (χ2v) is 7.35. The van der Waals surface area contributed by atoms with E-state index < -0.39 is 0 Å². The summed E-state index contributed by atoms with van der Waals surface area (Å²) in [5.74, 6) is 1.80. The molecular weight excluding hydrogens is 320 g/mol. The van der Waals surface area contributed by atoms with E-state index in [1.54, 1.807) is 22.5 Å². The molecule has 0 spiro atoms. The normalized spacial score (nSPS) is 17.2. The molecule has 1 unspecified atom stereocenters. The lowest BCUT2D eigenvalue weighted by Gasteiger charge is -2.23. The zero-order chi connectivity index (χ0) is 16.7.